The summed E-state index contributed by atoms with van der Waals surface area (Å²) in [5, 5.41) is 2.20. The van der Waals surface area contributed by atoms with Crippen LogP contribution in [0, 0.1) is 6.92 Å². The predicted octanol–water partition coefficient (Wildman–Crippen LogP) is 0.942. The molecule has 2 heterocycles. The molecule has 0 aliphatic rings. The number of aromatic nitrogens is 3. The van der Waals surface area contributed by atoms with Crippen LogP contribution in [0.2, 0.25) is 0 Å². The monoisotopic (exact) mass is 270 g/mol. The Morgan fingerprint density at radius 3 is 2.70 bits per heavy atom. The van der Waals surface area contributed by atoms with Crippen molar-refractivity contribution in [2.24, 2.45) is 0 Å². The highest BCUT2D eigenvalue weighted by molar-refractivity contribution is 5.43. The van der Waals surface area contributed by atoms with Crippen LogP contribution in [0.1, 0.15) is 25.4 Å². The first kappa shape index (κ1) is 14.0. The fourth-order valence-electron chi connectivity index (χ4n) is 1.97. The molecule has 0 aromatic carbocycles. The lowest BCUT2D eigenvalue weighted by molar-refractivity contribution is 0.299. The maximum atomic E-state index is 5.80. The number of nitrogens with two attached hydrogens (primary N) is 1. The maximum Gasteiger partial charge on any atom is 0.180 e. The molecular weight excluding hydrogens is 252 g/mol. The lowest BCUT2D eigenvalue weighted by Crippen LogP contribution is -2.30. The van der Waals surface area contributed by atoms with E-state index in [1.54, 1.807) is 19.3 Å². The number of pyridine rings is 1. The van der Waals surface area contributed by atoms with Crippen LogP contribution in [0.25, 0.3) is 12.2 Å². The van der Waals surface area contributed by atoms with Crippen LogP contribution in [0.4, 0.5) is 5.82 Å². The van der Waals surface area contributed by atoms with Crippen LogP contribution in [-0.4, -0.2) is 15.0 Å². The average Bonchev–Trinajstić information content (AvgIpc) is 2.45. The molecule has 104 valence electrons. The molecule has 5 heteroatoms. The van der Waals surface area contributed by atoms with Crippen LogP contribution in [0.3, 0.4) is 0 Å². The van der Waals surface area contributed by atoms with Crippen molar-refractivity contribution in [3.8, 4) is 5.75 Å². The molecule has 2 aromatic rings. The van der Waals surface area contributed by atoms with E-state index >= 15 is 0 Å². The molecule has 0 fully saturated rings. The van der Waals surface area contributed by atoms with Crippen molar-refractivity contribution in [3.05, 3.63) is 40.4 Å². The minimum atomic E-state index is 0.331. The van der Waals surface area contributed by atoms with E-state index in [1.165, 1.54) is 0 Å². The number of aryl methyl sites for hydroxylation is 1. The molecule has 2 aromatic heterocycles. The topological polar surface area (TPSA) is 73.9 Å². The molecule has 0 spiro atoms. The van der Waals surface area contributed by atoms with E-state index in [2.05, 4.69) is 15.0 Å². The first-order chi connectivity index (χ1) is 9.65. The molecule has 5 nitrogen and oxygen atoms in total. The molecule has 0 aliphatic carbocycles. The summed E-state index contributed by atoms with van der Waals surface area (Å²) in [6.07, 6.45) is 7.43. The molecule has 0 amide bonds. The molecule has 20 heavy (non-hydrogen) atoms. The summed E-state index contributed by atoms with van der Waals surface area (Å²) in [4.78, 5) is 12.5. The number of hydrogen-bond acceptors (Lipinski definition) is 5. The lowest BCUT2D eigenvalue weighted by atomic mass is 10.2. The van der Waals surface area contributed by atoms with Gasteiger partial charge in [0.2, 0.25) is 0 Å². The number of anilines is 1. The van der Waals surface area contributed by atoms with Crippen molar-refractivity contribution >= 4 is 18.0 Å². The minimum Gasteiger partial charge on any atom is -0.482 e. The Bertz CT molecular complexity index is 725. The quantitative estimate of drug-likeness (QED) is 0.898. The normalized spacial score (nSPS) is 12.8. The molecular formula is C15H18N4O. The highest BCUT2D eigenvalue weighted by atomic mass is 16.5. The molecule has 2 N–H and O–H groups in total. The maximum absolute atomic E-state index is 5.80. The van der Waals surface area contributed by atoms with E-state index in [0.29, 0.717) is 24.0 Å². The molecule has 0 saturated heterocycles. The third-order valence-corrected chi connectivity index (χ3v) is 2.97. The molecule has 0 bridgehead atoms. The van der Waals surface area contributed by atoms with Gasteiger partial charge in [-0.25, -0.2) is 9.97 Å². The van der Waals surface area contributed by atoms with Crippen LogP contribution < -0.4 is 20.9 Å². The largest absolute Gasteiger partial charge is 0.482 e. The Labute approximate surface area is 117 Å². The van der Waals surface area contributed by atoms with E-state index in [-0.39, 0.29) is 0 Å². The Morgan fingerprint density at radius 1 is 1.25 bits per heavy atom. The minimum absolute atomic E-state index is 0.331. The summed E-state index contributed by atoms with van der Waals surface area (Å²) >= 11 is 0. The summed E-state index contributed by atoms with van der Waals surface area (Å²) in [5.74, 6) is 1.45. The summed E-state index contributed by atoms with van der Waals surface area (Å²) in [6.45, 7) is 6.10. The van der Waals surface area contributed by atoms with Gasteiger partial charge < -0.3 is 10.5 Å². The summed E-state index contributed by atoms with van der Waals surface area (Å²) in [7, 11) is 0. The second-order valence-electron chi connectivity index (χ2n) is 4.29. The van der Waals surface area contributed by atoms with Gasteiger partial charge in [-0.2, -0.15) is 0 Å². The first-order valence-electron chi connectivity index (χ1n) is 6.44. The Hall–Kier alpha value is -2.43. The number of ether oxygens (including phenoxy) is 1. The van der Waals surface area contributed by atoms with Crippen LogP contribution >= 0.6 is 0 Å². The Balaban J connectivity index is 2.28. The SMILES string of the molecule is C/C=c1/ccnc(COc2cnc(C)nc2N)/c1=C/C. The van der Waals surface area contributed by atoms with Gasteiger partial charge in [-0.1, -0.05) is 12.2 Å². The van der Waals surface area contributed by atoms with Crippen molar-refractivity contribution in [2.45, 2.75) is 27.4 Å². The van der Waals surface area contributed by atoms with E-state index < -0.39 is 0 Å². The van der Waals surface area contributed by atoms with E-state index in [0.717, 1.165) is 16.1 Å². The molecule has 0 radical (unpaired) electrons. The van der Waals surface area contributed by atoms with Crippen molar-refractivity contribution in [3.63, 3.8) is 0 Å². The number of rotatable bonds is 3. The molecule has 0 aliphatic heterocycles. The second-order valence-corrected chi connectivity index (χ2v) is 4.29. The molecule has 0 saturated carbocycles. The lowest BCUT2D eigenvalue weighted by Gasteiger charge is -2.08. The van der Waals surface area contributed by atoms with Crippen LogP contribution in [0.5, 0.6) is 5.75 Å². The van der Waals surface area contributed by atoms with Gasteiger partial charge in [-0.05, 0) is 32.1 Å². The molecule has 2 rings (SSSR count). The Kier molecular flexibility index (Phi) is 4.30. The molecule has 0 unspecified atom stereocenters. The third kappa shape index (κ3) is 2.93. The van der Waals surface area contributed by atoms with Gasteiger partial charge in [0.25, 0.3) is 0 Å². The fourth-order valence-corrected chi connectivity index (χ4v) is 1.97. The molecule has 0 atom stereocenters. The van der Waals surface area contributed by atoms with Crippen LogP contribution in [-0.2, 0) is 6.61 Å². The summed E-state index contributed by atoms with van der Waals surface area (Å²) in [6, 6.07) is 1.97. The van der Waals surface area contributed by atoms with Crippen molar-refractivity contribution in [2.75, 3.05) is 5.73 Å². The number of nitrogen functional groups attached to an aromatic ring is 1. The van der Waals surface area contributed by atoms with Crippen molar-refractivity contribution in [1.82, 2.24) is 15.0 Å². The summed E-state index contributed by atoms with van der Waals surface area (Å²) < 4.78 is 5.67. The second kappa shape index (κ2) is 6.14. The predicted molar refractivity (Wildman–Crippen MR) is 79.3 cm³/mol. The van der Waals surface area contributed by atoms with Crippen molar-refractivity contribution in [1.29, 1.82) is 0 Å². The van der Waals surface area contributed by atoms with Gasteiger partial charge in [0, 0.05) is 11.4 Å². The zero-order valence-electron chi connectivity index (χ0n) is 11.9. The third-order valence-electron chi connectivity index (χ3n) is 2.97. The van der Waals surface area contributed by atoms with Crippen LogP contribution in [0.15, 0.2) is 18.5 Å². The smallest absolute Gasteiger partial charge is 0.180 e. The van der Waals surface area contributed by atoms with Crippen molar-refractivity contribution < 1.29 is 4.74 Å². The Morgan fingerprint density at radius 2 is 2.05 bits per heavy atom. The van der Waals surface area contributed by atoms with Gasteiger partial charge in [0.05, 0.1) is 11.9 Å². The van der Waals surface area contributed by atoms with Gasteiger partial charge >= 0.3 is 0 Å². The van der Waals surface area contributed by atoms with E-state index in [4.69, 9.17) is 10.5 Å². The van der Waals surface area contributed by atoms with Gasteiger partial charge in [-0.3, -0.25) is 4.98 Å². The number of nitrogens with zero attached hydrogens (tertiary/aromatic N) is 3. The highest BCUT2D eigenvalue weighted by Gasteiger charge is 2.05. The fraction of sp³-hybridized carbons (Fsp3) is 0.267. The van der Waals surface area contributed by atoms with E-state index in [9.17, 15) is 0 Å². The van der Waals surface area contributed by atoms with Gasteiger partial charge in [0.15, 0.2) is 11.6 Å². The van der Waals surface area contributed by atoms with Gasteiger partial charge in [0.1, 0.15) is 12.4 Å². The zero-order valence-corrected chi connectivity index (χ0v) is 11.9. The number of hydrogen-bond donors (Lipinski definition) is 1. The average molecular weight is 270 g/mol. The van der Waals surface area contributed by atoms with E-state index in [1.807, 2.05) is 32.1 Å². The standard InChI is InChI=1S/C15H18N4O/c1-4-11-6-7-17-13(12(11)5-2)9-20-14-8-18-10(3)19-15(14)16/h4-8H,9H2,1-3H3,(H2,16,18,19)/b11-4-,12-5+. The highest BCUT2D eigenvalue weighted by Crippen LogP contribution is 2.17. The zero-order chi connectivity index (χ0) is 14.5. The summed E-state index contributed by atoms with van der Waals surface area (Å²) in [5.41, 5.74) is 6.67. The first-order valence-corrected chi connectivity index (χ1v) is 6.44. The van der Waals surface area contributed by atoms with Gasteiger partial charge in [-0.15, -0.1) is 0 Å².